The highest BCUT2D eigenvalue weighted by molar-refractivity contribution is 5.94. The first-order valence-electron chi connectivity index (χ1n) is 7.99. The molecule has 23 heavy (non-hydrogen) atoms. The second kappa shape index (κ2) is 7.42. The van der Waals surface area contributed by atoms with Crippen LogP contribution in [0.4, 0.5) is 0 Å². The van der Waals surface area contributed by atoms with E-state index >= 15 is 0 Å². The normalized spacial score (nSPS) is 12.7. The number of rotatable bonds is 6. The van der Waals surface area contributed by atoms with Crippen LogP contribution in [-0.2, 0) is 0 Å². The zero-order chi connectivity index (χ0) is 16.9. The van der Waals surface area contributed by atoms with E-state index in [0.717, 1.165) is 11.1 Å². The minimum absolute atomic E-state index is 0.0803. The fraction of sp³-hybridized carbons (Fsp3) is 0.350. The van der Waals surface area contributed by atoms with E-state index in [1.807, 2.05) is 68.4 Å². The molecule has 2 rings (SSSR count). The van der Waals surface area contributed by atoms with Gasteiger partial charge in [0.2, 0.25) is 0 Å². The first-order chi connectivity index (χ1) is 10.9. The van der Waals surface area contributed by atoms with Gasteiger partial charge in [0.15, 0.2) is 0 Å². The number of aliphatic hydroxyl groups excluding tert-OH is 1. The summed E-state index contributed by atoms with van der Waals surface area (Å²) in [5.41, 5.74) is 2.75. The second-order valence-corrected chi connectivity index (χ2v) is 6.84. The van der Waals surface area contributed by atoms with Gasteiger partial charge in [-0.25, -0.2) is 0 Å². The number of carbonyl (C=O) groups is 1. The van der Waals surface area contributed by atoms with E-state index in [1.165, 1.54) is 0 Å². The molecule has 0 saturated carbocycles. The van der Waals surface area contributed by atoms with Crippen molar-refractivity contribution < 1.29 is 9.90 Å². The van der Waals surface area contributed by atoms with Gasteiger partial charge in [-0.1, -0.05) is 56.3 Å². The molecule has 0 fully saturated rings. The Hall–Kier alpha value is -2.13. The maximum Gasteiger partial charge on any atom is 0.251 e. The zero-order valence-corrected chi connectivity index (χ0v) is 14.0. The van der Waals surface area contributed by atoms with Gasteiger partial charge in [0.1, 0.15) is 0 Å². The summed E-state index contributed by atoms with van der Waals surface area (Å²) in [6.45, 7) is 6.39. The predicted molar refractivity (Wildman–Crippen MR) is 94.3 cm³/mol. The Bertz CT molecular complexity index is 630. The molecule has 3 nitrogen and oxygen atoms in total. The minimum Gasteiger partial charge on any atom is -0.393 e. The van der Waals surface area contributed by atoms with Crippen molar-refractivity contribution in [1.82, 2.24) is 5.32 Å². The van der Waals surface area contributed by atoms with E-state index in [2.05, 4.69) is 5.32 Å². The molecule has 0 aliphatic rings. The third kappa shape index (κ3) is 5.22. The molecule has 0 aliphatic heterocycles. The summed E-state index contributed by atoms with van der Waals surface area (Å²) in [7, 11) is 0. The van der Waals surface area contributed by atoms with Gasteiger partial charge in [-0.15, -0.1) is 0 Å². The Balaban J connectivity index is 1.98. The molecule has 2 aromatic rings. The Morgan fingerprint density at radius 2 is 1.61 bits per heavy atom. The molecule has 0 aliphatic carbocycles. The van der Waals surface area contributed by atoms with Crippen LogP contribution in [0.1, 0.15) is 37.6 Å². The van der Waals surface area contributed by atoms with Crippen LogP contribution in [-0.4, -0.2) is 23.7 Å². The fourth-order valence-corrected chi connectivity index (χ4v) is 2.74. The Kier molecular flexibility index (Phi) is 5.56. The minimum atomic E-state index is -0.368. The molecule has 1 unspecified atom stereocenters. The van der Waals surface area contributed by atoms with Gasteiger partial charge in [-0.05, 0) is 42.0 Å². The highest BCUT2D eigenvalue weighted by Gasteiger charge is 2.21. The van der Waals surface area contributed by atoms with Crippen molar-refractivity contribution in [2.45, 2.75) is 33.3 Å². The highest BCUT2D eigenvalue weighted by atomic mass is 16.3. The average molecular weight is 311 g/mol. The zero-order valence-electron chi connectivity index (χ0n) is 14.0. The molecule has 3 heteroatoms. The first kappa shape index (κ1) is 17.2. The Morgan fingerprint density at radius 3 is 2.17 bits per heavy atom. The molecule has 0 spiro atoms. The molecule has 2 N–H and O–H groups in total. The number of nitrogens with one attached hydrogen (secondary N) is 1. The van der Waals surface area contributed by atoms with Crippen LogP contribution >= 0.6 is 0 Å². The third-order valence-electron chi connectivity index (χ3n) is 3.83. The van der Waals surface area contributed by atoms with Crippen LogP contribution in [0.15, 0.2) is 54.6 Å². The van der Waals surface area contributed by atoms with Gasteiger partial charge in [0.25, 0.3) is 5.91 Å². The summed E-state index contributed by atoms with van der Waals surface area (Å²) < 4.78 is 0. The lowest BCUT2D eigenvalue weighted by Gasteiger charge is -2.26. The van der Waals surface area contributed by atoms with Crippen LogP contribution in [0.2, 0.25) is 0 Å². The number of benzene rings is 2. The van der Waals surface area contributed by atoms with E-state index in [4.69, 9.17) is 0 Å². The Labute approximate surface area is 138 Å². The number of aliphatic hydroxyl groups is 1. The van der Waals surface area contributed by atoms with E-state index in [9.17, 15) is 9.90 Å². The monoisotopic (exact) mass is 311 g/mol. The van der Waals surface area contributed by atoms with Gasteiger partial charge in [0, 0.05) is 12.1 Å². The number of amides is 1. The van der Waals surface area contributed by atoms with Gasteiger partial charge in [-0.2, -0.15) is 0 Å². The highest BCUT2D eigenvalue weighted by Crippen LogP contribution is 2.22. The SMILES string of the molecule is CC(O)CC(C)(C)CNC(=O)c1ccc(-c2ccccc2)cc1. The number of hydrogen-bond donors (Lipinski definition) is 2. The van der Waals surface area contributed by atoms with Crippen molar-refractivity contribution in [2.24, 2.45) is 5.41 Å². The maximum atomic E-state index is 12.3. The van der Waals surface area contributed by atoms with Gasteiger partial charge < -0.3 is 10.4 Å². The molecule has 0 radical (unpaired) electrons. The smallest absolute Gasteiger partial charge is 0.251 e. The van der Waals surface area contributed by atoms with Crippen LogP contribution in [0.3, 0.4) is 0 Å². The molecule has 0 heterocycles. The summed E-state index contributed by atoms with van der Waals surface area (Å²) in [5.74, 6) is -0.0803. The largest absolute Gasteiger partial charge is 0.393 e. The van der Waals surface area contributed by atoms with E-state index in [1.54, 1.807) is 6.92 Å². The lowest BCUT2D eigenvalue weighted by molar-refractivity contribution is 0.0902. The van der Waals surface area contributed by atoms with Crippen molar-refractivity contribution in [1.29, 1.82) is 0 Å². The molecule has 2 aromatic carbocycles. The third-order valence-corrected chi connectivity index (χ3v) is 3.83. The lowest BCUT2D eigenvalue weighted by atomic mass is 9.87. The van der Waals surface area contributed by atoms with E-state index in [0.29, 0.717) is 18.5 Å². The second-order valence-electron chi connectivity index (χ2n) is 6.84. The average Bonchev–Trinajstić information content (AvgIpc) is 2.52. The number of carbonyl (C=O) groups excluding carboxylic acids is 1. The lowest BCUT2D eigenvalue weighted by Crippen LogP contribution is -2.35. The van der Waals surface area contributed by atoms with Gasteiger partial charge in [-0.3, -0.25) is 4.79 Å². The molecule has 0 saturated heterocycles. The molecule has 122 valence electrons. The summed E-state index contributed by atoms with van der Waals surface area (Å²) in [6, 6.07) is 17.7. The molecule has 1 amide bonds. The summed E-state index contributed by atoms with van der Waals surface area (Å²) >= 11 is 0. The summed E-state index contributed by atoms with van der Waals surface area (Å²) in [4.78, 5) is 12.3. The molecule has 0 bridgehead atoms. The maximum absolute atomic E-state index is 12.3. The molecular weight excluding hydrogens is 286 g/mol. The number of hydrogen-bond acceptors (Lipinski definition) is 2. The van der Waals surface area contributed by atoms with E-state index < -0.39 is 0 Å². The van der Waals surface area contributed by atoms with Crippen molar-refractivity contribution in [3.8, 4) is 11.1 Å². The molecule has 0 aromatic heterocycles. The quantitative estimate of drug-likeness (QED) is 0.850. The predicted octanol–water partition coefficient (Wildman–Crippen LogP) is 3.88. The summed E-state index contributed by atoms with van der Waals surface area (Å²) in [6.07, 6.45) is 0.285. The summed E-state index contributed by atoms with van der Waals surface area (Å²) in [5, 5.41) is 12.5. The van der Waals surface area contributed by atoms with Crippen molar-refractivity contribution in [2.75, 3.05) is 6.54 Å². The standard InChI is InChI=1S/C20H25NO2/c1-15(22)13-20(2,3)14-21-19(23)18-11-9-17(10-12-18)16-7-5-4-6-8-16/h4-12,15,22H,13-14H2,1-3H3,(H,21,23). The van der Waals surface area contributed by atoms with Crippen molar-refractivity contribution in [3.63, 3.8) is 0 Å². The van der Waals surface area contributed by atoms with Crippen LogP contribution in [0.25, 0.3) is 11.1 Å². The first-order valence-corrected chi connectivity index (χ1v) is 7.99. The van der Waals surface area contributed by atoms with Crippen molar-refractivity contribution in [3.05, 3.63) is 60.2 Å². The van der Waals surface area contributed by atoms with Gasteiger partial charge >= 0.3 is 0 Å². The van der Waals surface area contributed by atoms with Crippen LogP contribution in [0, 0.1) is 5.41 Å². The molecule has 1 atom stereocenters. The topological polar surface area (TPSA) is 49.3 Å². The van der Waals surface area contributed by atoms with Gasteiger partial charge in [0.05, 0.1) is 6.10 Å². The van der Waals surface area contributed by atoms with E-state index in [-0.39, 0.29) is 17.4 Å². The fourth-order valence-electron chi connectivity index (χ4n) is 2.74. The van der Waals surface area contributed by atoms with Crippen molar-refractivity contribution >= 4 is 5.91 Å². The van der Waals surface area contributed by atoms with Crippen LogP contribution in [0.5, 0.6) is 0 Å². The van der Waals surface area contributed by atoms with Crippen LogP contribution < -0.4 is 5.32 Å². The molecular formula is C20H25NO2. The Morgan fingerprint density at radius 1 is 1.04 bits per heavy atom.